The molecule has 0 fully saturated rings. The molecular weight excluding hydrogens is 392 g/mol. The minimum atomic E-state index is 1.15. The Balaban J connectivity index is 2.25. The van der Waals surface area contributed by atoms with Crippen LogP contribution >= 0.6 is 54.5 Å². The van der Waals surface area contributed by atoms with Gasteiger partial charge in [-0.1, -0.05) is 37.9 Å². The van der Waals surface area contributed by atoms with Gasteiger partial charge in [-0.15, -0.1) is 22.7 Å². The molecule has 18 heavy (non-hydrogen) atoms. The molecule has 0 amide bonds. The molecule has 0 N–H and O–H groups in total. The summed E-state index contributed by atoms with van der Waals surface area (Å²) >= 11 is 10.9. The molecule has 88 valence electrons. The van der Waals surface area contributed by atoms with Crippen molar-refractivity contribution in [3.8, 4) is 0 Å². The first-order valence-corrected chi connectivity index (χ1v) is 8.64. The van der Waals surface area contributed by atoms with Gasteiger partial charge in [-0.05, 0) is 30.3 Å². The largest absolute Gasteiger partial charge is 0.134 e. The second-order valence-electron chi connectivity index (χ2n) is 4.14. The second kappa shape index (κ2) is 4.04. The highest BCUT2D eigenvalue weighted by Gasteiger charge is 2.12. The van der Waals surface area contributed by atoms with E-state index in [1.807, 2.05) is 22.7 Å². The summed E-state index contributed by atoms with van der Waals surface area (Å²) in [6.07, 6.45) is 0. The lowest BCUT2D eigenvalue weighted by atomic mass is 10.2. The summed E-state index contributed by atoms with van der Waals surface area (Å²) in [5, 5.41) is 2.73. The molecule has 0 unspecified atom stereocenters. The van der Waals surface area contributed by atoms with E-state index in [0.717, 1.165) is 8.95 Å². The van der Waals surface area contributed by atoms with Crippen LogP contribution in [0.15, 0.2) is 45.3 Å². The lowest BCUT2D eigenvalue weighted by molar-refractivity contribution is 1.78. The first-order valence-electron chi connectivity index (χ1n) is 5.42. The van der Waals surface area contributed by atoms with Crippen LogP contribution in [-0.4, -0.2) is 0 Å². The van der Waals surface area contributed by atoms with Crippen LogP contribution in [0.5, 0.6) is 0 Å². The molecule has 0 saturated heterocycles. The smallest absolute Gasteiger partial charge is 0.0542 e. The zero-order valence-corrected chi connectivity index (χ0v) is 13.8. The molecule has 0 saturated carbocycles. The highest BCUT2D eigenvalue weighted by molar-refractivity contribution is 9.10. The average Bonchev–Trinajstić information content (AvgIpc) is 2.84. The average molecular weight is 398 g/mol. The lowest BCUT2D eigenvalue weighted by Crippen LogP contribution is -1.63. The number of rotatable bonds is 0. The third kappa shape index (κ3) is 1.59. The second-order valence-corrected chi connectivity index (χ2v) is 8.08. The predicted molar refractivity (Wildman–Crippen MR) is 90.1 cm³/mol. The fourth-order valence-corrected chi connectivity index (χ4v) is 5.74. The summed E-state index contributed by atoms with van der Waals surface area (Å²) < 4.78 is 7.83. The quantitative estimate of drug-likeness (QED) is 0.306. The standard InChI is InChI=1S/C14H6Br2S2/c15-7-2-4-11-10(5-7)14-13(17-11)9-3-1-8(16)6-12(9)18-14/h1-6H. The third-order valence-electron chi connectivity index (χ3n) is 3.00. The normalized spacial score (nSPS) is 11.9. The number of fused-ring (bicyclic) bond motifs is 5. The van der Waals surface area contributed by atoms with Gasteiger partial charge in [-0.2, -0.15) is 0 Å². The SMILES string of the molecule is Brc1ccc2c(c1)sc1c3cc(Br)ccc3sc21. The monoisotopic (exact) mass is 396 g/mol. The summed E-state index contributed by atoms with van der Waals surface area (Å²) in [4.78, 5) is 0. The molecule has 0 spiro atoms. The number of halogens is 2. The molecule has 4 rings (SSSR count). The lowest BCUT2D eigenvalue weighted by Gasteiger charge is -1.92. The summed E-state index contributed by atoms with van der Waals surface area (Å²) in [7, 11) is 0. The van der Waals surface area contributed by atoms with Gasteiger partial charge in [0, 0.05) is 29.1 Å². The summed E-state index contributed by atoms with van der Waals surface area (Å²) in [6, 6.07) is 13.1. The number of hydrogen-bond acceptors (Lipinski definition) is 2. The maximum absolute atomic E-state index is 3.56. The van der Waals surface area contributed by atoms with Crippen LogP contribution in [0, 0.1) is 0 Å². The van der Waals surface area contributed by atoms with Crippen LogP contribution in [0.1, 0.15) is 0 Å². The van der Waals surface area contributed by atoms with E-state index in [1.165, 1.54) is 29.6 Å². The fourth-order valence-electron chi connectivity index (χ4n) is 2.20. The molecule has 2 aromatic carbocycles. The Morgan fingerprint density at radius 1 is 0.667 bits per heavy atom. The molecule has 0 atom stereocenters. The molecular formula is C14H6Br2S2. The minimum Gasteiger partial charge on any atom is -0.134 e. The van der Waals surface area contributed by atoms with Crippen LogP contribution in [0.2, 0.25) is 0 Å². The minimum absolute atomic E-state index is 1.15. The van der Waals surface area contributed by atoms with Crippen molar-refractivity contribution in [2.45, 2.75) is 0 Å². The first kappa shape index (κ1) is 11.4. The van der Waals surface area contributed by atoms with Crippen LogP contribution in [0.4, 0.5) is 0 Å². The predicted octanol–water partition coefficient (Wildman–Crippen LogP) is 6.79. The van der Waals surface area contributed by atoms with Crippen molar-refractivity contribution in [2.24, 2.45) is 0 Å². The van der Waals surface area contributed by atoms with Crippen LogP contribution in [0.25, 0.3) is 29.6 Å². The van der Waals surface area contributed by atoms with Gasteiger partial charge in [0.2, 0.25) is 0 Å². The van der Waals surface area contributed by atoms with Gasteiger partial charge in [0.05, 0.1) is 9.40 Å². The van der Waals surface area contributed by atoms with Crippen LogP contribution in [0.3, 0.4) is 0 Å². The Bertz CT molecular complexity index is 902. The van der Waals surface area contributed by atoms with Crippen molar-refractivity contribution < 1.29 is 0 Å². The van der Waals surface area contributed by atoms with Gasteiger partial charge < -0.3 is 0 Å². The molecule has 0 aliphatic carbocycles. The number of thiophene rings is 2. The highest BCUT2D eigenvalue weighted by Crippen LogP contribution is 2.45. The summed E-state index contributed by atoms with van der Waals surface area (Å²) in [6.45, 7) is 0. The number of benzene rings is 2. The molecule has 0 radical (unpaired) electrons. The Morgan fingerprint density at radius 2 is 1.33 bits per heavy atom. The van der Waals surface area contributed by atoms with Crippen LogP contribution in [-0.2, 0) is 0 Å². The Morgan fingerprint density at radius 3 is 2.22 bits per heavy atom. The van der Waals surface area contributed by atoms with E-state index >= 15 is 0 Å². The van der Waals surface area contributed by atoms with Gasteiger partial charge in [-0.25, -0.2) is 0 Å². The van der Waals surface area contributed by atoms with Gasteiger partial charge in [0.15, 0.2) is 0 Å². The van der Waals surface area contributed by atoms with E-state index in [2.05, 4.69) is 68.3 Å². The molecule has 2 heterocycles. The zero-order valence-electron chi connectivity index (χ0n) is 9.04. The van der Waals surface area contributed by atoms with E-state index in [4.69, 9.17) is 0 Å². The molecule has 0 aliphatic rings. The molecule has 0 bridgehead atoms. The maximum Gasteiger partial charge on any atom is 0.0542 e. The van der Waals surface area contributed by atoms with E-state index < -0.39 is 0 Å². The molecule has 4 aromatic rings. The van der Waals surface area contributed by atoms with Crippen molar-refractivity contribution in [1.29, 1.82) is 0 Å². The van der Waals surface area contributed by atoms with Crippen molar-refractivity contribution in [2.75, 3.05) is 0 Å². The van der Waals surface area contributed by atoms with Gasteiger partial charge in [0.1, 0.15) is 0 Å². The van der Waals surface area contributed by atoms with Crippen molar-refractivity contribution in [3.05, 3.63) is 45.3 Å². The maximum atomic E-state index is 3.56. The fraction of sp³-hybridized carbons (Fsp3) is 0. The van der Waals surface area contributed by atoms with Crippen LogP contribution < -0.4 is 0 Å². The summed E-state index contributed by atoms with van der Waals surface area (Å²) in [5.74, 6) is 0. The van der Waals surface area contributed by atoms with Gasteiger partial charge in [0.25, 0.3) is 0 Å². The Hall–Kier alpha value is -0.420. The topological polar surface area (TPSA) is 0 Å². The zero-order chi connectivity index (χ0) is 12.3. The van der Waals surface area contributed by atoms with Crippen molar-refractivity contribution in [3.63, 3.8) is 0 Å². The molecule has 0 aliphatic heterocycles. The molecule has 4 heteroatoms. The van der Waals surface area contributed by atoms with E-state index in [1.54, 1.807) is 0 Å². The molecule has 2 aromatic heterocycles. The molecule has 0 nitrogen and oxygen atoms in total. The Kier molecular flexibility index (Phi) is 2.56. The highest BCUT2D eigenvalue weighted by atomic mass is 79.9. The third-order valence-corrected chi connectivity index (χ3v) is 6.51. The van der Waals surface area contributed by atoms with E-state index in [9.17, 15) is 0 Å². The number of hydrogen-bond donors (Lipinski definition) is 0. The van der Waals surface area contributed by atoms with E-state index in [-0.39, 0.29) is 0 Å². The van der Waals surface area contributed by atoms with E-state index in [0.29, 0.717) is 0 Å². The van der Waals surface area contributed by atoms with Crippen molar-refractivity contribution in [1.82, 2.24) is 0 Å². The van der Waals surface area contributed by atoms with Crippen molar-refractivity contribution >= 4 is 84.1 Å². The van der Waals surface area contributed by atoms with Gasteiger partial charge >= 0.3 is 0 Å². The Labute approximate surface area is 128 Å². The van der Waals surface area contributed by atoms with Gasteiger partial charge in [-0.3, -0.25) is 0 Å². The first-order chi connectivity index (χ1) is 8.72. The summed E-state index contributed by atoms with van der Waals surface area (Å²) in [5.41, 5.74) is 0.